The molecule has 0 radical (unpaired) electrons. The SMILES string of the molecule is CSc1nnc(Cn2c(SCc3ccccc3)nc3ccccc32)o1. The largest absolute Gasteiger partial charge is 0.414 e. The average Bonchev–Trinajstić information content (AvgIpc) is 3.26. The summed E-state index contributed by atoms with van der Waals surface area (Å²) in [5, 5.41) is 9.69. The fourth-order valence-corrected chi connectivity index (χ4v) is 3.83. The molecule has 0 aliphatic rings. The summed E-state index contributed by atoms with van der Waals surface area (Å²) >= 11 is 3.16. The third-order valence-corrected chi connectivity index (χ3v) is 5.31. The number of rotatable bonds is 6. The first-order chi connectivity index (χ1) is 12.3. The third-order valence-electron chi connectivity index (χ3n) is 3.75. The van der Waals surface area contributed by atoms with Crippen LogP contribution >= 0.6 is 23.5 Å². The maximum Gasteiger partial charge on any atom is 0.276 e. The van der Waals surface area contributed by atoms with Gasteiger partial charge in [-0.1, -0.05) is 66.0 Å². The van der Waals surface area contributed by atoms with Crippen LogP contribution in [0.3, 0.4) is 0 Å². The Hall–Kier alpha value is -2.25. The van der Waals surface area contributed by atoms with Crippen LogP contribution in [0.5, 0.6) is 0 Å². The summed E-state index contributed by atoms with van der Waals surface area (Å²) in [4.78, 5) is 4.78. The standard InChI is InChI=1S/C18H16N4OS2/c1-24-18-21-20-16(23-18)11-22-15-10-6-5-9-14(15)19-17(22)25-12-13-7-3-2-4-8-13/h2-10H,11-12H2,1H3. The zero-order valence-corrected chi connectivity index (χ0v) is 15.3. The number of fused-ring (bicyclic) bond motifs is 1. The van der Waals surface area contributed by atoms with Crippen molar-refractivity contribution >= 4 is 34.6 Å². The number of benzene rings is 2. The molecule has 5 nitrogen and oxygen atoms in total. The third kappa shape index (κ3) is 3.57. The lowest BCUT2D eigenvalue weighted by Crippen LogP contribution is -2.02. The van der Waals surface area contributed by atoms with Gasteiger partial charge in [-0.3, -0.25) is 0 Å². The van der Waals surface area contributed by atoms with Gasteiger partial charge in [0, 0.05) is 5.75 Å². The van der Waals surface area contributed by atoms with Gasteiger partial charge in [0.25, 0.3) is 5.22 Å². The molecule has 7 heteroatoms. The predicted molar refractivity (Wildman–Crippen MR) is 101 cm³/mol. The van der Waals surface area contributed by atoms with Crippen molar-refractivity contribution in [2.75, 3.05) is 6.26 Å². The van der Waals surface area contributed by atoms with Crippen molar-refractivity contribution in [3.8, 4) is 0 Å². The lowest BCUT2D eigenvalue weighted by molar-refractivity contribution is 0.402. The summed E-state index contributed by atoms with van der Waals surface area (Å²) < 4.78 is 7.80. The molecule has 0 fully saturated rings. The van der Waals surface area contributed by atoms with E-state index in [0.717, 1.165) is 21.9 Å². The van der Waals surface area contributed by atoms with Gasteiger partial charge in [0.2, 0.25) is 5.89 Å². The molecule has 0 amide bonds. The summed E-state index contributed by atoms with van der Waals surface area (Å²) in [6.07, 6.45) is 1.92. The molecule has 0 aliphatic carbocycles. The molecule has 0 spiro atoms. The minimum atomic E-state index is 0.519. The van der Waals surface area contributed by atoms with Gasteiger partial charge in [-0.2, -0.15) is 0 Å². The molecule has 4 rings (SSSR count). The summed E-state index contributed by atoms with van der Waals surface area (Å²) in [5.74, 6) is 1.46. The molecule has 0 bridgehead atoms. The molecule has 0 atom stereocenters. The minimum absolute atomic E-state index is 0.519. The Morgan fingerprint density at radius 2 is 1.80 bits per heavy atom. The first-order valence-electron chi connectivity index (χ1n) is 7.82. The van der Waals surface area contributed by atoms with Gasteiger partial charge in [0.05, 0.1) is 11.0 Å². The molecule has 0 unspecified atom stereocenters. The minimum Gasteiger partial charge on any atom is -0.414 e. The Morgan fingerprint density at radius 3 is 2.60 bits per heavy atom. The van der Waals surface area contributed by atoms with Crippen molar-refractivity contribution in [1.29, 1.82) is 0 Å². The molecule has 0 aliphatic heterocycles. The van der Waals surface area contributed by atoms with Crippen molar-refractivity contribution in [2.45, 2.75) is 22.7 Å². The first-order valence-corrected chi connectivity index (χ1v) is 10.0. The highest BCUT2D eigenvalue weighted by atomic mass is 32.2. The number of hydrogen-bond acceptors (Lipinski definition) is 6. The lowest BCUT2D eigenvalue weighted by Gasteiger charge is -2.06. The molecule has 0 saturated carbocycles. The van der Waals surface area contributed by atoms with Crippen LogP contribution in [0.4, 0.5) is 0 Å². The van der Waals surface area contributed by atoms with Gasteiger partial charge in [0.15, 0.2) is 5.16 Å². The number of aromatic nitrogens is 4. The molecular weight excluding hydrogens is 352 g/mol. The van der Waals surface area contributed by atoms with Gasteiger partial charge in [-0.05, 0) is 24.0 Å². The summed E-state index contributed by atoms with van der Waals surface area (Å²) in [6.45, 7) is 0.519. The number of nitrogens with zero attached hydrogens (tertiary/aromatic N) is 4. The van der Waals surface area contributed by atoms with E-state index in [-0.39, 0.29) is 0 Å². The quantitative estimate of drug-likeness (QED) is 0.468. The molecule has 4 aromatic rings. The number of para-hydroxylation sites is 2. The van der Waals surface area contributed by atoms with Crippen LogP contribution in [0.2, 0.25) is 0 Å². The number of hydrogen-bond donors (Lipinski definition) is 0. The summed E-state index contributed by atoms with van der Waals surface area (Å²) in [6, 6.07) is 18.5. The Labute approximate surface area is 153 Å². The van der Waals surface area contributed by atoms with E-state index < -0.39 is 0 Å². The summed E-state index contributed by atoms with van der Waals surface area (Å²) in [5.41, 5.74) is 3.32. The van der Waals surface area contributed by atoms with Gasteiger partial charge in [-0.25, -0.2) is 4.98 Å². The second kappa shape index (κ2) is 7.33. The van der Waals surface area contributed by atoms with Crippen LogP contribution in [0.25, 0.3) is 11.0 Å². The van der Waals surface area contributed by atoms with Crippen LogP contribution in [-0.4, -0.2) is 26.0 Å². The number of thioether (sulfide) groups is 2. The fraction of sp³-hybridized carbons (Fsp3) is 0.167. The van der Waals surface area contributed by atoms with Gasteiger partial charge in [0.1, 0.15) is 6.54 Å². The van der Waals surface area contributed by atoms with E-state index in [0.29, 0.717) is 17.7 Å². The van der Waals surface area contributed by atoms with E-state index in [2.05, 4.69) is 45.1 Å². The van der Waals surface area contributed by atoms with E-state index in [9.17, 15) is 0 Å². The Balaban J connectivity index is 1.65. The van der Waals surface area contributed by atoms with Crippen molar-refractivity contribution in [2.24, 2.45) is 0 Å². The lowest BCUT2D eigenvalue weighted by atomic mass is 10.2. The molecule has 126 valence electrons. The monoisotopic (exact) mass is 368 g/mol. The first kappa shape index (κ1) is 16.2. The van der Waals surface area contributed by atoms with Crippen LogP contribution in [0.1, 0.15) is 11.5 Å². The van der Waals surface area contributed by atoms with E-state index in [1.54, 1.807) is 11.8 Å². The highest BCUT2D eigenvalue weighted by molar-refractivity contribution is 7.98. The zero-order chi connectivity index (χ0) is 17.1. The molecule has 2 heterocycles. The van der Waals surface area contributed by atoms with Crippen LogP contribution in [0.15, 0.2) is 69.4 Å². The Morgan fingerprint density at radius 1 is 1.00 bits per heavy atom. The molecule has 25 heavy (non-hydrogen) atoms. The predicted octanol–water partition coefficient (Wildman–Crippen LogP) is 4.48. The van der Waals surface area contributed by atoms with Crippen molar-refractivity contribution in [3.05, 3.63) is 66.1 Å². The van der Waals surface area contributed by atoms with E-state index in [1.807, 2.05) is 30.5 Å². The van der Waals surface area contributed by atoms with Crippen molar-refractivity contribution in [1.82, 2.24) is 19.7 Å². The van der Waals surface area contributed by atoms with Gasteiger partial charge < -0.3 is 8.98 Å². The molecule has 2 aromatic carbocycles. The maximum atomic E-state index is 5.66. The topological polar surface area (TPSA) is 56.7 Å². The summed E-state index contributed by atoms with van der Waals surface area (Å²) in [7, 11) is 0. The van der Waals surface area contributed by atoms with Crippen molar-refractivity contribution < 1.29 is 4.42 Å². The van der Waals surface area contributed by atoms with E-state index in [1.165, 1.54) is 17.3 Å². The maximum absolute atomic E-state index is 5.66. The molecule has 0 saturated heterocycles. The molecular formula is C18H16N4OS2. The number of imidazole rings is 1. The van der Waals surface area contributed by atoms with Crippen LogP contribution in [-0.2, 0) is 12.3 Å². The van der Waals surface area contributed by atoms with E-state index >= 15 is 0 Å². The van der Waals surface area contributed by atoms with Gasteiger partial charge in [-0.15, -0.1) is 10.2 Å². The highest BCUT2D eigenvalue weighted by Crippen LogP contribution is 2.27. The highest BCUT2D eigenvalue weighted by Gasteiger charge is 2.14. The second-order valence-corrected chi connectivity index (χ2v) is 7.11. The van der Waals surface area contributed by atoms with Gasteiger partial charge >= 0.3 is 0 Å². The zero-order valence-electron chi connectivity index (χ0n) is 13.6. The Kier molecular flexibility index (Phi) is 4.76. The van der Waals surface area contributed by atoms with Crippen LogP contribution < -0.4 is 0 Å². The molecule has 2 aromatic heterocycles. The second-order valence-electron chi connectivity index (χ2n) is 5.41. The van der Waals surface area contributed by atoms with E-state index in [4.69, 9.17) is 9.40 Å². The smallest absolute Gasteiger partial charge is 0.276 e. The fourth-order valence-electron chi connectivity index (χ4n) is 2.56. The average molecular weight is 368 g/mol. The van der Waals surface area contributed by atoms with Crippen LogP contribution in [0, 0.1) is 0 Å². The Bertz CT molecular complexity index is 981. The molecule has 0 N–H and O–H groups in total. The normalized spacial score (nSPS) is 11.2. The van der Waals surface area contributed by atoms with Crippen molar-refractivity contribution in [3.63, 3.8) is 0 Å².